The van der Waals surface area contributed by atoms with Gasteiger partial charge in [0.05, 0.1) is 5.92 Å². The van der Waals surface area contributed by atoms with E-state index in [1.807, 2.05) is 43.3 Å². The van der Waals surface area contributed by atoms with Gasteiger partial charge >= 0.3 is 5.97 Å². The van der Waals surface area contributed by atoms with Crippen LogP contribution in [0.4, 0.5) is 0 Å². The summed E-state index contributed by atoms with van der Waals surface area (Å²) in [5.74, 6) is -1.25. The molecular weight excluding hydrogens is 176 g/mol. The molecule has 1 aromatic rings. The van der Waals surface area contributed by atoms with Gasteiger partial charge in [-0.25, -0.2) is 0 Å². The van der Waals surface area contributed by atoms with E-state index >= 15 is 0 Å². The lowest BCUT2D eigenvalue weighted by Gasteiger charge is -2.11. The Labute approximate surface area is 83.9 Å². The highest BCUT2D eigenvalue weighted by atomic mass is 16.4. The fourth-order valence-electron chi connectivity index (χ4n) is 1.43. The topological polar surface area (TPSA) is 37.3 Å². The first-order valence-electron chi connectivity index (χ1n) is 4.61. The lowest BCUT2D eigenvalue weighted by molar-refractivity contribution is -0.139. The van der Waals surface area contributed by atoms with Crippen molar-refractivity contribution in [1.82, 2.24) is 0 Å². The maximum Gasteiger partial charge on any atom is 0.310 e. The third-order valence-corrected chi connectivity index (χ3v) is 2.26. The molecule has 2 nitrogen and oxygen atoms in total. The number of carbonyl (C=O) groups is 1. The second-order valence-electron chi connectivity index (χ2n) is 3.17. The predicted molar refractivity (Wildman–Crippen MR) is 56.9 cm³/mol. The molecule has 14 heavy (non-hydrogen) atoms. The first kappa shape index (κ1) is 10.5. The zero-order valence-corrected chi connectivity index (χ0v) is 8.40. The summed E-state index contributed by atoms with van der Waals surface area (Å²) in [7, 11) is 0. The van der Waals surface area contributed by atoms with Crippen molar-refractivity contribution in [3.8, 4) is 0 Å². The first-order valence-corrected chi connectivity index (χ1v) is 4.61. The van der Waals surface area contributed by atoms with Gasteiger partial charge in [0, 0.05) is 0 Å². The summed E-state index contributed by atoms with van der Waals surface area (Å²) >= 11 is 0. The molecule has 0 fully saturated rings. The van der Waals surface area contributed by atoms with Crippen molar-refractivity contribution in [3.63, 3.8) is 0 Å². The van der Waals surface area contributed by atoms with Crippen LogP contribution in [0.2, 0.25) is 0 Å². The van der Waals surface area contributed by atoms with E-state index in [2.05, 4.69) is 0 Å². The smallest absolute Gasteiger partial charge is 0.310 e. The molecule has 1 unspecified atom stereocenters. The number of aliphatic carboxylic acids is 1. The molecule has 0 aliphatic carbocycles. The standard InChI is InChI=1S/C12H14O2/c1-3-11(9(2)12(13)14)10-7-5-4-6-8-10/h3-9H,1-2H3,(H,13,14)/b11-3-. The second kappa shape index (κ2) is 4.61. The van der Waals surface area contributed by atoms with Crippen LogP contribution in [-0.2, 0) is 4.79 Å². The van der Waals surface area contributed by atoms with Gasteiger partial charge in [-0.3, -0.25) is 4.79 Å². The van der Waals surface area contributed by atoms with Gasteiger partial charge in [-0.1, -0.05) is 36.4 Å². The van der Waals surface area contributed by atoms with Crippen molar-refractivity contribution in [2.45, 2.75) is 13.8 Å². The number of allylic oxidation sites excluding steroid dienone is 1. The minimum atomic E-state index is -0.790. The van der Waals surface area contributed by atoms with E-state index in [1.54, 1.807) is 6.92 Å². The molecule has 1 rings (SSSR count). The Morgan fingerprint density at radius 1 is 1.36 bits per heavy atom. The van der Waals surface area contributed by atoms with Crippen molar-refractivity contribution in [2.75, 3.05) is 0 Å². The summed E-state index contributed by atoms with van der Waals surface area (Å²) in [5, 5.41) is 8.90. The summed E-state index contributed by atoms with van der Waals surface area (Å²) in [6, 6.07) is 9.59. The van der Waals surface area contributed by atoms with E-state index < -0.39 is 11.9 Å². The monoisotopic (exact) mass is 190 g/mol. The van der Waals surface area contributed by atoms with Crippen LogP contribution in [0.15, 0.2) is 36.4 Å². The van der Waals surface area contributed by atoms with Gasteiger partial charge in [-0.2, -0.15) is 0 Å². The fourth-order valence-corrected chi connectivity index (χ4v) is 1.43. The van der Waals surface area contributed by atoms with Crippen molar-refractivity contribution in [1.29, 1.82) is 0 Å². The van der Waals surface area contributed by atoms with Crippen LogP contribution in [0.5, 0.6) is 0 Å². The Balaban J connectivity index is 3.01. The highest BCUT2D eigenvalue weighted by Gasteiger charge is 2.16. The van der Waals surface area contributed by atoms with E-state index in [9.17, 15) is 4.79 Å². The van der Waals surface area contributed by atoms with Gasteiger partial charge in [0.2, 0.25) is 0 Å². The lowest BCUT2D eigenvalue weighted by Crippen LogP contribution is -2.11. The van der Waals surface area contributed by atoms with Gasteiger partial charge < -0.3 is 5.11 Å². The van der Waals surface area contributed by atoms with Crippen molar-refractivity contribution in [2.24, 2.45) is 5.92 Å². The number of hydrogen-bond donors (Lipinski definition) is 1. The molecule has 0 bridgehead atoms. The van der Waals surface area contributed by atoms with Gasteiger partial charge in [0.15, 0.2) is 0 Å². The zero-order valence-electron chi connectivity index (χ0n) is 8.40. The number of rotatable bonds is 3. The quantitative estimate of drug-likeness (QED) is 0.795. The number of hydrogen-bond acceptors (Lipinski definition) is 1. The van der Waals surface area contributed by atoms with Crippen LogP contribution in [0.25, 0.3) is 5.57 Å². The third-order valence-electron chi connectivity index (χ3n) is 2.26. The summed E-state index contributed by atoms with van der Waals surface area (Å²) in [6.45, 7) is 3.56. The summed E-state index contributed by atoms with van der Waals surface area (Å²) < 4.78 is 0. The maximum atomic E-state index is 10.8. The summed E-state index contributed by atoms with van der Waals surface area (Å²) in [5.41, 5.74) is 1.84. The number of benzene rings is 1. The van der Waals surface area contributed by atoms with Crippen LogP contribution in [-0.4, -0.2) is 11.1 Å². The van der Waals surface area contributed by atoms with Crippen LogP contribution in [0.1, 0.15) is 19.4 Å². The molecule has 0 aliphatic heterocycles. The largest absolute Gasteiger partial charge is 0.481 e. The summed E-state index contributed by atoms with van der Waals surface area (Å²) in [4.78, 5) is 10.8. The molecule has 0 heterocycles. The minimum absolute atomic E-state index is 0.456. The molecule has 0 amide bonds. The van der Waals surface area contributed by atoms with Gasteiger partial charge in [0.1, 0.15) is 0 Å². The molecule has 0 spiro atoms. The summed E-state index contributed by atoms with van der Waals surface area (Å²) in [6.07, 6.45) is 1.86. The highest BCUT2D eigenvalue weighted by Crippen LogP contribution is 2.22. The Hall–Kier alpha value is -1.57. The van der Waals surface area contributed by atoms with Crippen LogP contribution < -0.4 is 0 Å². The molecule has 0 radical (unpaired) electrons. The molecule has 0 saturated heterocycles. The molecule has 1 atom stereocenters. The van der Waals surface area contributed by atoms with Crippen molar-refractivity contribution >= 4 is 11.5 Å². The highest BCUT2D eigenvalue weighted by molar-refractivity contribution is 5.86. The SMILES string of the molecule is C/C=C(\c1ccccc1)C(C)C(=O)O. The van der Waals surface area contributed by atoms with E-state index in [-0.39, 0.29) is 0 Å². The average molecular weight is 190 g/mol. The Morgan fingerprint density at radius 2 is 1.93 bits per heavy atom. The third kappa shape index (κ3) is 2.22. The Kier molecular flexibility index (Phi) is 3.46. The minimum Gasteiger partial charge on any atom is -0.481 e. The predicted octanol–water partition coefficient (Wildman–Crippen LogP) is 2.81. The Bertz CT molecular complexity index is 339. The van der Waals surface area contributed by atoms with E-state index in [0.29, 0.717) is 0 Å². The van der Waals surface area contributed by atoms with Crippen LogP contribution in [0, 0.1) is 5.92 Å². The molecule has 1 aromatic carbocycles. The number of carboxylic acids is 1. The normalized spacial score (nSPS) is 13.7. The van der Waals surface area contributed by atoms with Crippen LogP contribution in [0.3, 0.4) is 0 Å². The second-order valence-corrected chi connectivity index (χ2v) is 3.17. The average Bonchev–Trinajstić information content (AvgIpc) is 2.20. The van der Waals surface area contributed by atoms with E-state index in [4.69, 9.17) is 5.11 Å². The zero-order chi connectivity index (χ0) is 10.6. The maximum absolute atomic E-state index is 10.8. The van der Waals surface area contributed by atoms with Gasteiger partial charge in [-0.15, -0.1) is 0 Å². The fraction of sp³-hybridized carbons (Fsp3) is 0.250. The van der Waals surface area contributed by atoms with Gasteiger partial charge in [0.25, 0.3) is 0 Å². The molecular formula is C12H14O2. The molecule has 0 aliphatic rings. The molecule has 2 heteroatoms. The van der Waals surface area contributed by atoms with E-state index in [1.165, 1.54) is 0 Å². The lowest BCUT2D eigenvalue weighted by atomic mass is 9.94. The number of carboxylic acid groups (broad SMARTS) is 1. The van der Waals surface area contributed by atoms with Crippen molar-refractivity contribution < 1.29 is 9.90 Å². The first-order chi connectivity index (χ1) is 6.66. The van der Waals surface area contributed by atoms with Crippen molar-refractivity contribution in [3.05, 3.63) is 42.0 Å². The van der Waals surface area contributed by atoms with Crippen LogP contribution >= 0.6 is 0 Å². The van der Waals surface area contributed by atoms with E-state index in [0.717, 1.165) is 11.1 Å². The Morgan fingerprint density at radius 3 is 2.36 bits per heavy atom. The molecule has 0 saturated carbocycles. The molecule has 74 valence electrons. The molecule has 1 N–H and O–H groups in total. The molecule has 0 aromatic heterocycles. The van der Waals surface area contributed by atoms with Gasteiger partial charge in [-0.05, 0) is 25.0 Å².